The molecule has 0 amide bonds. The van der Waals surface area contributed by atoms with Crippen LogP contribution < -0.4 is 9.04 Å². The zero-order valence-electron chi connectivity index (χ0n) is 18.1. The number of sulfonamides is 1. The highest BCUT2D eigenvalue weighted by Gasteiger charge is 2.35. The van der Waals surface area contributed by atoms with E-state index in [-0.39, 0.29) is 10.4 Å². The van der Waals surface area contributed by atoms with E-state index in [0.29, 0.717) is 15.0 Å². The smallest absolute Gasteiger partial charge is 0.266 e. The second-order valence-corrected chi connectivity index (χ2v) is 10.5. The van der Waals surface area contributed by atoms with Gasteiger partial charge in [0.2, 0.25) is 0 Å². The van der Waals surface area contributed by atoms with Gasteiger partial charge in [0.25, 0.3) is 10.0 Å². The van der Waals surface area contributed by atoms with Crippen LogP contribution in [0.1, 0.15) is 11.7 Å². The fourth-order valence-corrected chi connectivity index (χ4v) is 5.89. The number of fused-ring (bicyclic) bond motifs is 1. The maximum atomic E-state index is 14.0. The third kappa shape index (κ3) is 4.75. The Balaban J connectivity index is 0.00000306. The average molecular weight is 577 g/mol. The van der Waals surface area contributed by atoms with Crippen LogP contribution >= 0.6 is 22.6 Å². The molecule has 0 saturated carbocycles. The van der Waals surface area contributed by atoms with Crippen molar-refractivity contribution in [2.45, 2.75) is 18.0 Å². The normalized spacial score (nSPS) is 12.1. The van der Waals surface area contributed by atoms with Gasteiger partial charge in [-0.05, 0) is 65.9 Å². The summed E-state index contributed by atoms with van der Waals surface area (Å²) in [6.45, 7) is 6.05. The van der Waals surface area contributed by atoms with Crippen molar-refractivity contribution in [2.24, 2.45) is 0 Å². The monoisotopic (exact) mass is 577 g/mol. The van der Waals surface area contributed by atoms with E-state index in [1.807, 2.05) is 47.9 Å². The summed E-state index contributed by atoms with van der Waals surface area (Å²) < 4.78 is 37.1. The number of benzene rings is 3. The molecule has 7 nitrogen and oxygen atoms in total. The van der Waals surface area contributed by atoms with Crippen molar-refractivity contribution in [3.8, 4) is 5.75 Å². The lowest BCUT2D eigenvalue weighted by atomic mass is 10.2. The van der Waals surface area contributed by atoms with E-state index in [2.05, 4.69) is 34.2 Å². The van der Waals surface area contributed by atoms with Crippen molar-refractivity contribution in [2.75, 3.05) is 11.4 Å². The van der Waals surface area contributed by atoms with Crippen molar-refractivity contribution in [3.63, 3.8) is 0 Å². The van der Waals surface area contributed by atoms with Gasteiger partial charge in [-0.15, -0.1) is 0 Å². The van der Waals surface area contributed by atoms with Gasteiger partial charge < -0.3 is 14.8 Å². The molecule has 2 N–H and O–H groups in total. The molecule has 3 aromatic carbocycles. The van der Waals surface area contributed by atoms with Crippen LogP contribution in [0, 0.1) is 6.92 Å². The second kappa shape index (κ2) is 9.94. The van der Waals surface area contributed by atoms with Crippen LogP contribution in [0.25, 0.3) is 11.0 Å². The number of halogens is 1. The lowest BCUT2D eigenvalue weighted by molar-refractivity contribution is 0.415. The molecule has 0 aliphatic carbocycles. The van der Waals surface area contributed by atoms with E-state index in [1.54, 1.807) is 49.8 Å². The number of nitrogens with zero attached hydrogens (tertiary/aromatic N) is 3. The standard InChI is InChI=1S/C24H22IN3O3S.H2O/c1-17-9-12-21(13-10-17)32(29,30)28(19-7-5-4-6-8-19)24(18(2)25)27-16-26-22-14-11-20(31-3)15-23(22)27;/h4-16,24H,2H2,1,3H3;1H2/t24-;/m1./s1. The molecule has 0 spiro atoms. The van der Waals surface area contributed by atoms with Gasteiger partial charge in [0.15, 0.2) is 6.17 Å². The molecule has 0 fully saturated rings. The van der Waals surface area contributed by atoms with E-state index in [1.165, 1.54) is 4.31 Å². The molecule has 33 heavy (non-hydrogen) atoms. The molecule has 0 bridgehead atoms. The first-order chi connectivity index (χ1) is 15.3. The summed E-state index contributed by atoms with van der Waals surface area (Å²) in [6, 6.07) is 21.4. The minimum Gasteiger partial charge on any atom is -0.497 e. The van der Waals surface area contributed by atoms with Crippen molar-refractivity contribution >= 4 is 49.3 Å². The van der Waals surface area contributed by atoms with Gasteiger partial charge in [0, 0.05) is 9.65 Å². The van der Waals surface area contributed by atoms with Crippen LogP contribution in [0.2, 0.25) is 0 Å². The van der Waals surface area contributed by atoms with Gasteiger partial charge >= 0.3 is 0 Å². The van der Waals surface area contributed by atoms with Crippen molar-refractivity contribution < 1.29 is 18.6 Å². The van der Waals surface area contributed by atoms with Crippen LogP contribution in [0.3, 0.4) is 0 Å². The molecule has 1 heterocycles. The molecule has 0 saturated heterocycles. The summed E-state index contributed by atoms with van der Waals surface area (Å²) in [5, 5.41) is 0. The predicted octanol–water partition coefficient (Wildman–Crippen LogP) is 4.87. The molecule has 0 aliphatic heterocycles. The van der Waals surface area contributed by atoms with Gasteiger partial charge in [-0.2, -0.15) is 0 Å². The highest BCUT2D eigenvalue weighted by Crippen LogP contribution is 2.38. The van der Waals surface area contributed by atoms with Gasteiger partial charge in [-0.3, -0.25) is 0 Å². The molecule has 9 heteroatoms. The number of anilines is 1. The van der Waals surface area contributed by atoms with E-state index in [9.17, 15) is 8.42 Å². The van der Waals surface area contributed by atoms with Gasteiger partial charge in [0.05, 0.1) is 35.1 Å². The number of para-hydroxylation sites is 1. The molecule has 4 aromatic rings. The first kappa shape index (κ1) is 24.7. The zero-order chi connectivity index (χ0) is 22.9. The van der Waals surface area contributed by atoms with Gasteiger partial charge in [-0.1, -0.05) is 42.5 Å². The summed E-state index contributed by atoms with van der Waals surface area (Å²) in [6.07, 6.45) is 0.889. The third-order valence-corrected chi connectivity index (χ3v) is 7.49. The Bertz CT molecular complexity index is 1370. The largest absolute Gasteiger partial charge is 0.497 e. The molecule has 0 unspecified atom stereocenters. The first-order valence-corrected chi connectivity index (χ1v) is 12.4. The van der Waals surface area contributed by atoms with E-state index in [4.69, 9.17) is 4.74 Å². The number of methoxy groups -OCH3 is 1. The van der Waals surface area contributed by atoms with Crippen LogP contribution in [-0.4, -0.2) is 30.6 Å². The lowest BCUT2D eigenvalue weighted by Gasteiger charge is -2.33. The van der Waals surface area contributed by atoms with Crippen LogP contribution in [-0.2, 0) is 10.0 Å². The predicted molar refractivity (Wildman–Crippen MR) is 139 cm³/mol. The minimum atomic E-state index is -3.94. The number of rotatable bonds is 7. The topological polar surface area (TPSA) is 95.9 Å². The average Bonchev–Trinajstić information content (AvgIpc) is 3.20. The Kier molecular flexibility index (Phi) is 7.45. The van der Waals surface area contributed by atoms with Crippen LogP contribution in [0.4, 0.5) is 5.69 Å². The number of imidazole rings is 1. The van der Waals surface area contributed by atoms with E-state index >= 15 is 0 Å². The molecular formula is C24H24IN3O4S. The molecule has 0 radical (unpaired) electrons. The minimum absolute atomic E-state index is 0. The fraction of sp³-hybridized carbons (Fsp3) is 0.125. The summed E-state index contributed by atoms with van der Waals surface area (Å²) in [5.74, 6) is 0.657. The molecule has 172 valence electrons. The van der Waals surface area contributed by atoms with Crippen molar-refractivity contribution in [1.29, 1.82) is 0 Å². The SMILES string of the molecule is C=C(I)[C@@H](N(c1ccccc1)S(=O)(=O)c1ccc(C)cc1)n1cnc2ccc(OC)cc21.O. The maximum Gasteiger partial charge on any atom is 0.266 e. The third-order valence-electron chi connectivity index (χ3n) is 5.14. The lowest BCUT2D eigenvalue weighted by Crippen LogP contribution is -2.38. The number of hydrogen-bond acceptors (Lipinski definition) is 4. The van der Waals surface area contributed by atoms with Gasteiger partial charge in [0.1, 0.15) is 5.75 Å². The van der Waals surface area contributed by atoms with E-state index in [0.717, 1.165) is 16.6 Å². The maximum absolute atomic E-state index is 14.0. The fourth-order valence-electron chi connectivity index (χ4n) is 3.53. The van der Waals surface area contributed by atoms with Crippen LogP contribution in [0.5, 0.6) is 5.75 Å². The Morgan fingerprint density at radius 3 is 2.36 bits per heavy atom. The summed E-state index contributed by atoms with van der Waals surface area (Å²) >= 11 is 2.08. The van der Waals surface area contributed by atoms with Crippen LogP contribution in [0.15, 0.2) is 94.2 Å². The van der Waals surface area contributed by atoms with Crippen molar-refractivity contribution in [3.05, 3.63) is 94.8 Å². The molecule has 4 rings (SSSR count). The van der Waals surface area contributed by atoms with E-state index < -0.39 is 16.2 Å². The molecule has 1 atom stereocenters. The second-order valence-electron chi connectivity index (χ2n) is 7.28. The molecule has 1 aromatic heterocycles. The summed E-state index contributed by atoms with van der Waals surface area (Å²) in [7, 11) is -2.35. The molecular weight excluding hydrogens is 553 g/mol. The highest BCUT2D eigenvalue weighted by molar-refractivity contribution is 14.1. The number of ether oxygens (including phenoxy) is 1. The highest BCUT2D eigenvalue weighted by atomic mass is 127. The quantitative estimate of drug-likeness (QED) is 0.293. The Labute approximate surface area is 206 Å². The first-order valence-electron chi connectivity index (χ1n) is 9.84. The molecule has 0 aliphatic rings. The summed E-state index contributed by atoms with van der Waals surface area (Å²) in [5.41, 5.74) is 2.99. The van der Waals surface area contributed by atoms with Gasteiger partial charge in [-0.25, -0.2) is 17.7 Å². The van der Waals surface area contributed by atoms with Crippen molar-refractivity contribution in [1.82, 2.24) is 9.55 Å². The Morgan fingerprint density at radius 2 is 1.76 bits per heavy atom. The zero-order valence-corrected chi connectivity index (χ0v) is 21.1. The number of hydrogen-bond donors (Lipinski definition) is 0. The number of aryl methyl sites for hydroxylation is 1. The Morgan fingerprint density at radius 1 is 1.09 bits per heavy atom. The number of aromatic nitrogens is 2. The Hall–Kier alpha value is -2.89. The summed E-state index contributed by atoms with van der Waals surface area (Å²) in [4.78, 5) is 4.69.